The molecule has 1 aromatic rings. The maximum atomic E-state index is 11.6. The Morgan fingerprint density at radius 3 is 2.84 bits per heavy atom. The lowest BCUT2D eigenvalue weighted by Crippen LogP contribution is -2.26. The molecule has 0 fully saturated rings. The lowest BCUT2D eigenvalue weighted by Gasteiger charge is -2.21. The van der Waals surface area contributed by atoms with Crippen LogP contribution in [0.4, 0.5) is 0 Å². The highest BCUT2D eigenvalue weighted by Crippen LogP contribution is 2.32. The van der Waals surface area contributed by atoms with Gasteiger partial charge >= 0.3 is 0 Å². The Kier molecular flexibility index (Phi) is 4.63. The fraction of sp³-hybridized carbons (Fsp3) is 0.500. The predicted octanol–water partition coefficient (Wildman–Crippen LogP) is 1.41. The number of hydrogen-bond acceptors (Lipinski definition) is 4. The molecule has 0 spiro atoms. The van der Waals surface area contributed by atoms with Gasteiger partial charge in [0.2, 0.25) is 5.91 Å². The van der Waals surface area contributed by atoms with Crippen molar-refractivity contribution in [2.45, 2.75) is 25.8 Å². The molecular weight excluding hydrogens is 246 g/mol. The molecule has 5 nitrogen and oxygen atoms in total. The first-order valence-corrected chi connectivity index (χ1v) is 6.50. The van der Waals surface area contributed by atoms with E-state index in [1.165, 1.54) is 0 Å². The Morgan fingerprint density at radius 1 is 1.37 bits per heavy atom. The van der Waals surface area contributed by atoms with E-state index < -0.39 is 0 Å². The van der Waals surface area contributed by atoms with Gasteiger partial charge in [-0.3, -0.25) is 4.79 Å². The molecule has 1 atom stereocenters. The van der Waals surface area contributed by atoms with Crippen LogP contribution in [0.15, 0.2) is 18.2 Å². The van der Waals surface area contributed by atoms with E-state index in [0.29, 0.717) is 26.1 Å². The van der Waals surface area contributed by atoms with Gasteiger partial charge in [-0.2, -0.15) is 0 Å². The smallest absolute Gasteiger partial charge is 0.220 e. The minimum atomic E-state index is -0.0954. The van der Waals surface area contributed by atoms with Gasteiger partial charge in [-0.25, -0.2) is 0 Å². The maximum absolute atomic E-state index is 11.6. The highest BCUT2D eigenvalue weighted by atomic mass is 16.6. The first-order chi connectivity index (χ1) is 9.20. The molecule has 1 heterocycles. The number of fused-ring (bicyclic) bond motifs is 1. The first kappa shape index (κ1) is 13.7. The van der Waals surface area contributed by atoms with E-state index in [9.17, 15) is 4.79 Å². The van der Waals surface area contributed by atoms with E-state index in [2.05, 4.69) is 5.32 Å². The Hall–Kier alpha value is -1.75. The average Bonchev–Trinajstić information content (AvgIpc) is 2.44. The molecule has 0 radical (unpaired) electrons. The van der Waals surface area contributed by atoms with Crippen LogP contribution >= 0.6 is 0 Å². The Balaban J connectivity index is 1.99. The summed E-state index contributed by atoms with van der Waals surface area (Å²) in [6, 6.07) is 5.58. The molecule has 104 valence electrons. The molecule has 0 bridgehead atoms. The number of aliphatic hydroxyl groups is 1. The number of carbonyl (C=O) groups excluding carboxylic acids is 1. The topological polar surface area (TPSA) is 67.8 Å². The number of carbonyl (C=O) groups is 1. The largest absolute Gasteiger partial charge is 0.486 e. The van der Waals surface area contributed by atoms with Gasteiger partial charge in [0.25, 0.3) is 0 Å². The maximum Gasteiger partial charge on any atom is 0.220 e. The monoisotopic (exact) mass is 265 g/mol. The van der Waals surface area contributed by atoms with Crippen molar-refractivity contribution >= 4 is 5.91 Å². The van der Waals surface area contributed by atoms with Gasteiger partial charge in [0, 0.05) is 13.0 Å². The zero-order chi connectivity index (χ0) is 13.7. The van der Waals surface area contributed by atoms with Crippen LogP contribution in [0.1, 0.15) is 31.4 Å². The summed E-state index contributed by atoms with van der Waals surface area (Å²) in [6.45, 7) is 3.07. The van der Waals surface area contributed by atoms with Crippen molar-refractivity contribution < 1.29 is 19.4 Å². The van der Waals surface area contributed by atoms with Gasteiger partial charge in [0.05, 0.1) is 6.04 Å². The van der Waals surface area contributed by atoms with Gasteiger partial charge in [0.15, 0.2) is 11.5 Å². The Labute approximate surface area is 112 Å². The number of hydrogen-bond donors (Lipinski definition) is 2. The number of benzene rings is 1. The highest BCUT2D eigenvalue weighted by molar-refractivity contribution is 5.76. The number of nitrogens with one attached hydrogen (secondary N) is 1. The van der Waals surface area contributed by atoms with Crippen LogP contribution < -0.4 is 14.8 Å². The second-order valence-electron chi connectivity index (χ2n) is 4.52. The van der Waals surface area contributed by atoms with Crippen molar-refractivity contribution in [3.8, 4) is 11.5 Å². The van der Waals surface area contributed by atoms with Gasteiger partial charge in [-0.05, 0) is 31.0 Å². The summed E-state index contributed by atoms with van der Waals surface area (Å²) in [5.74, 6) is 1.41. The molecule has 2 N–H and O–H groups in total. The zero-order valence-electron chi connectivity index (χ0n) is 11.0. The van der Waals surface area contributed by atoms with E-state index in [1.807, 2.05) is 25.1 Å². The van der Waals surface area contributed by atoms with Crippen molar-refractivity contribution in [3.05, 3.63) is 23.8 Å². The third-order valence-electron chi connectivity index (χ3n) is 3.01. The van der Waals surface area contributed by atoms with Crippen LogP contribution in [0.5, 0.6) is 11.5 Å². The average molecular weight is 265 g/mol. The quantitative estimate of drug-likeness (QED) is 0.844. The number of amides is 1. The lowest BCUT2D eigenvalue weighted by molar-refractivity contribution is -0.122. The molecule has 5 heteroatoms. The summed E-state index contributed by atoms with van der Waals surface area (Å²) in [7, 11) is 0. The fourth-order valence-corrected chi connectivity index (χ4v) is 1.97. The highest BCUT2D eigenvalue weighted by Gasteiger charge is 2.15. The summed E-state index contributed by atoms with van der Waals surface area (Å²) < 4.78 is 11.0. The van der Waals surface area contributed by atoms with Crippen LogP contribution in [0.3, 0.4) is 0 Å². The second kappa shape index (κ2) is 6.43. The van der Waals surface area contributed by atoms with Crippen molar-refractivity contribution in [2.24, 2.45) is 0 Å². The van der Waals surface area contributed by atoms with Gasteiger partial charge in [-0.1, -0.05) is 6.07 Å². The van der Waals surface area contributed by atoms with E-state index in [-0.39, 0.29) is 18.6 Å². The molecule has 1 aliphatic rings. The van der Waals surface area contributed by atoms with Crippen LogP contribution in [-0.4, -0.2) is 30.8 Å². The molecule has 1 amide bonds. The van der Waals surface area contributed by atoms with E-state index in [1.54, 1.807) is 0 Å². The van der Waals surface area contributed by atoms with Crippen molar-refractivity contribution in [1.82, 2.24) is 5.32 Å². The van der Waals surface area contributed by atoms with Crippen molar-refractivity contribution in [2.75, 3.05) is 19.8 Å². The molecule has 0 aliphatic carbocycles. The molecule has 19 heavy (non-hydrogen) atoms. The Morgan fingerprint density at radius 2 is 2.11 bits per heavy atom. The van der Waals surface area contributed by atoms with Crippen LogP contribution in [-0.2, 0) is 4.79 Å². The predicted molar refractivity (Wildman–Crippen MR) is 70.3 cm³/mol. The van der Waals surface area contributed by atoms with Gasteiger partial charge in [-0.15, -0.1) is 0 Å². The molecule has 2 rings (SSSR count). The molecule has 0 aromatic heterocycles. The van der Waals surface area contributed by atoms with Crippen LogP contribution in [0.2, 0.25) is 0 Å². The van der Waals surface area contributed by atoms with E-state index in [0.717, 1.165) is 17.1 Å². The number of rotatable bonds is 5. The third-order valence-corrected chi connectivity index (χ3v) is 3.01. The molecule has 1 unspecified atom stereocenters. The molecule has 1 aromatic carbocycles. The van der Waals surface area contributed by atoms with Gasteiger partial charge in [0.1, 0.15) is 13.2 Å². The standard InChI is InChI=1S/C14H19NO4/c1-10(15-14(17)3-2-6-16)11-4-5-12-13(9-11)19-8-7-18-12/h4-5,9-10,16H,2-3,6-8H2,1H3,(H,15,17). The summed E-state index contributed by atoms with van der Waals surface area (Å²) in [6.07, 6.45) is 0.824. The van der Waals surface area contributed by atoms with Crippen molar-refractivity contribution in [3.63, 3.8) is 0 Å². The minimum Gasteiger partial charge on any atom is -0.486 e. The molecule has 0 saturated heterocycles. The van der Waals surface area contributed by atoms with Crippen molar-refractivity contribution in [1.29, 1.82) is 0 Å². The molecule has 1 aliphatic heterocycles. The van der Waals surface area contributed by atoms with E-state index >= 15 is 0 Å². The first-order valence-electron chi connectivity index (χ1n) is 6.50. The molecular formula is C14H19NO4. The summed E-state index contributed by atoms with van der Waals surface area (Å²) in [5, 5.41) is 11.6. The minimum absolute atomic E-state index is 0.0336. The van der Waals surface area contributed by atoms with Crippen LogP contribution in [0.25, 0.3) is 0 Å². The van der Waals surface area contributed by atoms with Gasteiger partial charge < -0.3 is 19.9 Å². The second-order valence-corrected chi connectivity index (χ2v) is 4.52. The summed E-state index contributed by atoms with van der Waals surface area (Å²) in [4.78, 5) is 11.6. The van der Waals surface area contributed by atoms with Crippen LogP contribution in [0, 0.1) is 0 Å². The fourth-order valence-electron chi connectivity index (χ4n) is 1.97. The number of aliphatic hydroxyl groups excluding tert-OH is 1. The van der Waals surface area contributed by atoms with E-state index in [4.69, 9.17) is 14.6 Å². The summed E-state index contributed by atoms with van der Waals surface area (Å²) in [5.41, 5.74) is 0.974. The normalized spacial score (nSPS) is 14.8. The lowest BCUT2D eigenvalue weighted by atomic mass is 10.1. The summed E-state index contributed by atoms with van der Waals surface area (Å²) >= 11 is 0. The third kappa shape index (κ3) is 3.61. The molecule has 0 saturated carbocycles. The zero-order valence-corrected chi connectivity index (χ0v) is 11.0. The number of ether oxygens (including phenoxy) is 2. The Bertz CT molecular complexity index is 447. The SMILES string of the molecule is CC(NC(=O)CCCO)c1ccc2c(c1)OCCO2.